The molecule has 0 N–H and O–H groups in total. The number of rotatable bonds is 0. The third-order valence-electron chi connectivity index (χ3n) is 3.39. The van der Waals surface area contributed by atoms with Crippen molar-refractivity contribution in [2.75, 3.05) is 6.54 Å². The Labute approximate surface area is 76.7 Å². The monoisotopic (exact) mass is 251 g/mol. The minimum Gasteiger partial charge on any atom is -0.241 e. The molecule has 0 bridgehead atoms. The Morgan fingerprint density at radius 2 is 2.30 bits per heavy atom. The summed E-state index contributed by atoms with van der Waals surface area (Å²) in [6, 6.07) is 0. The van der Waals surface area contributed by atoms with Crippen LogP contribution in [-0.4, -0.2) is 15.2 Å². The van der Waals surface area contributed by atoms with Crippen molar-refractivity contribution in [1.82, 2.24) is 3.11 Å². The van der Waals surface area contributed by atoms with Crippen molar-refractivity contribution in [2.45, 2.75) is 38.1 Å². The molecule has 1 aliphatic carbocycles. The zero-order valence-corrected chi connectivity index (χ0v) is 8.60. The van der Waals surface area contributed by atoms with Gasteiger partial charge in [-0.25, -0.2) is 3.11 Å². The van der Waals surface area contributed by atoms with E-state index in [0.717, 1.165) is 5.92 Å². The molecule has 1 saturated carbocycles. The van der Waals surface area contributed by atoms with Crippen molar-refractivity contribution >= 4 is 22.9 Å². The van der Waals surface area contributed by atoms with Crippen LogP contribution in [0.25, 0.3) is 0 Å². The molecule has 0 aromatic heterocycles. The molecule has 58 valence electrons. The Bertz CT molecular complexity index is 148. The van der Waals surface area contributed by atoms with Crippen LogP contribution in [0, 0.1) is 5.92 Å². The Hall–Kier alpha value is 0.690. The molecule has 0 aromatic carbocycles. The number of hydrogen-bond donors (Lipinski definition) is 0. The Morgan fingerprint density at radius 3 is 2.50 bits per heavy atom. The van der Waals surface area contributed by atoms with E-state index in [4.69, 9.17) is 0 Å². The first kappa shape index (κ1) is 7.35. The fraction of sp³-hybridized carbons (Fsp3) is 1.00. The molecule has 1 saturated heterocycles. The van der Waals surface area contributed by atoms with Gasteiger partial charge >= 0.3 is 0 Å². The first-order valence-electron chi connectivity index (χ1n) is 4.19. The maximum absolute atomic E-state index is 2.53. The lowest BCUT2D eigenvalue weighted by Crippen LogP contribution is -2.55. The lowest BCUT2D eigenvalue weighted by Gasteiger charge is -2.50. The normalized spacial score (nSPS) is 48.0. The third-order valence-corrected chi connectivity index (χ3v) is 4.83. The summed E-state index contributed by atoms with van der Waals surface area (Å²) in [5, 5.41) is 0. The first-order valence-corrected chi connectivity index (χ1v) is 5.16. The van der Waals surface area contributed by atoms with E-state index >= 15 is 0 Å². The van der Waals surface area contributed by atoms with Crippen molar-refractivity contribution in [3.63, 3.8) is 0 Å². The fourth-order valence-corrected chi connectivity index (χ4v) is 3.64. The van der Waals surface area contributed by atoms with Gasteiger partial charge in [0, 0.05) is 34.9 Å². The smallest absolute Gasteiger partial charge is 0.0343 e. The molecule has 0 aromatic rings. The van der Waals surface area contributed by atoms with Gasteiger partial charge in [-0.1, -0.05) is 13.3 Å². The highest BCUT2D eigenvalue weighted by atomic mass is 127. The standard InChI is InChI=1S/C8H14IN/c1-7-3-2-4-8(7)5-6-10(8)9/h7H,2-6H2,1H3/t7?,8-/m1/s1. The molecule has 2 aliphatic rings. The summed E-state index contributed by atoms with van der Waals surface area (Å²) in [6.07, 6.45) is 5.83. The second kappa shape index (κ2) is 2.34. The summed E-state index contributed by atoms with van der Waals surface area (Å²) >= 11 is 2.50. The van der Waals surface area contributed by atoms with Gasteiger partial charge in [0.1, 0.15) is 0 Å². The molecule has 2 fully saturated rings. The lowest BCUT2D eigenvalue weighted by atomic mass is 9.79. The number of nitrogens with zero attached hydrogens (tertiary/aromatic N) is 1. The van der Waals surface area contributed by atoms with Crippen LogP contribution in [0.2, 0.25) is 0 Å². The van der Waals surface area contributed by atoms with Gasteiger partial charge in [0.05, 0.1) is 0 Å². The van der Waals surface area contributed by atoms with Gasteiger partial charge in [-0.05, 0) is 25.2 Å². The zero-order chi connectivity index (χ0) is 7.19. The highest BCUT2D eigenvalue weighted by Crippen LogP contribution is 2.50. The molecule has 2 atom stereocenters. The van der Waals surface area contributed by atoms with Gasteiger partial charge in [-0.3, -0.25) is 0 Å². The predicted molar refractivity (Wildman–Crippen MR) is 51.1 cm³/mol. The second-order valence-corrected chi connectivity index (χ2v) is 4.90. The minimum absolute atomic E-state index is 0.653. The van der Waals surface area contributed by atoms with Crippen molar-refractivity contribution in [3.8, 4) is 0 Å². The summed E-state index contributed by atoms with van der Waals surface area (Å²) in [6.45, 7) is 3.74. The van der Waals surface area contributed by atoms with E-state index in [1.165, 1.54) is 32.2 Å². The molecule has 0 amide bonds. The quantitative estimate of drug-likeness (QED) is 0.472. The average molecular weight is 251 g/mol. The number of hydrogen-bond acceptors (Lipinski definition) is 1. The second-order valence-electron chi connectivity index (χ2n) is 3.73. The zero-order valence-electron chi connectivity index (χ0n) is 6.44. The topological polar surface area (TPSA) is 3.24 Å². The van der Waals surface area contributed by atoms with Gasteiger partial charge in [-0.15, -0.1) is 0 Å². The van der Waals surface area contributed by atoms with Gasteiger partial charge in [0.2, 0.25) is 0 Å². The van der Waals surface area contributed by atoms with E-state index < -0.39 is 0 Å². The molecule has 1 aliphatic heterocycles. The van der Waals surface area contributed by atoms with Crippen LogP contribution in [-0.2, 0) is 0 Å². The van der Waals surface area contributed by atoms with E-state index in [1.54, 1.807) is 0 Å². The summed E-state index contributed by atoms with van der Waals surface area (Å²) in [4.78, 5) is 0. The molecular weight excluding hydrogens is 237 g/mol. The number of halogens is 1. The molecular formula is C8H14IN. The molecule has 1 heterocycles. The van der Waals surface area contributed by atoms with E-state index in [1.807, 2.05) is 0 Å². The van der Waals surface area contributed by atoms with Crippen molar-refractivity contribution in [2.24, 2.45) is 5.92 Å². The Kier molecular flexibility index (Phi) is 1.72. The SMILES string of the molecule is CC1CCC[C@@]12CCN2I. The molecule has 1 nitrogen and oxygen atoms in total. The molecule has 1 spiro atoms. The lowest BCUT2D eigenvalue weighted by molar-refractivity contribution is 0.0692. The van der Waals surface area contributed by atoms with E-state index in [0.29, 0.717) is 5.54 Å². The first-order chi connectivity index (χ1) is 4.76. The summed E-state index contributed by atoms with van der Waals surface area (Å²) in [5.41, 5.74) is 0.653. The van der Waals surface area contributed by atoms with Crippen LogP contribution < -0.4 is 0 Å². The van der Waals surface area contributed by atoms with Crippen molar-refractivity contribution < 1.29 is 0 Å². The molecule has 1 unspecified atom stereocenters. The predicted octanol–water partition coefficient (Wildman–Crippen LogP) is 2.60. The van der Waals surface area contributed by atoms with Gasteiger partial charge in [0.15, 0.2) is 0 Å². The molecule has 2 rings (SSSR count). The summed E-state index contributed by atoms with van der Waals surface area (Å²) in [5.74, 6) is 0.957. The van der Waals surface area contributed by atoms with Crippen LogP contribution >= 0.6 is 22.9 Å². The Morgan fingerprint density at radius 1 is 1.50 bits per heavy atom. The molecule has 2 heteroatoms. The van der Waals surface area contributed by atoms with Gasteiger partial charge in [0.25, 0.3) is 0 Å². The van der Waals surface area contributed by atoms with Gasteiger partial charge in [-0.2, -0.15) is 0 Å². The average Bonchev–Trinajstić information content (AvgIpc) is 2.30. The van der Waals surface area contributed by atoms with E-state index in [2.05, 4.69) is 32.9 Å². The minimum atomic E-state index is 0.653. The highest BCUT2D eigenvalue weighted by Gasteiger charge is 2.49. The maximum Gasteiger partial charge on any atom is 0.0343 e. The Balaban J connectivity index is 2.13. The van der Waals surface area contributed by atoms with Gasteiger partial charge < -0.3 is 0 Å². The van der Waals surface area contributed by atoms with E-state index in [-0.39, 0.29) is 0 Å². The fourth-order valence-electron chi connectivity index (χ4n) is 2.44. The summed E-state index contributed by atoms with van der Waals surface area (Å²) in [7, 11) is 0. The largest absolute Gasteiger partial charge is 0.241 e. The van der Waals surface area contributed by atoms with Crippen LogP contribution in [0.3, 0.4) is 0 Å². The van der Waals surface area contributed by atoms with Crippen LogP contribution in [0.1, 0.15) is 32.6 Å². The van der Waals surface area contributed by atoms with Crippen LogP contribution in [0.4, 0.5) is 0 Å². The van der Waals surface area contributed by atoms with Crippen molar-refractivity contribution in [1.29, 1.82) is 0 Å². The van der Waals surface area contributed by atoms with E-state index in [9.17, 15) is 0 Å². The maximum atomic E-state index is 2.53. The van der Waals surface area contributed by atoms with Crippen molar-refractivity contribution in [3.05, 3.63) is 0 Å². The molecule has 10 heavy (non-hydrogen) atoms. The highest BCUT2D eigenvalue weighted by molar-refractivity contribution is 14.1. The van der Waals surface area contributed by atoms with Crippen LogP contribution in [0.15, 0.2) is 0 Å². The molecule has 0 radical (unpaired) electrons. The summed E-state index contributed by atoms with van der Waals surface area (Å²) < 4.78 is 2.53. The third kappa shape index (κ3) is 0.779. The van der Waals surface area contributed by atoms with Crippen LogP contribution in [0.5, 0.6) is 0 Å².